The number of methoxy groups -OCH3 is 1. The zero-order valence-electron chi connectivity index (χ0n) is 13.7. The van der Waals surface area contributed by atoms with Crippen LogP contribution in [0.3, 0.4) is 0 Å². The molecule has 0 N–H and O–H groups in total. The Morgan fingerprint density at radius 2 is 1.96 bits per heavy atom. The molecular weight excluding hydrogens is 373 g/mol. The number of esters is 1. The minimum atomic E-state index is -0.966. The van der Waals surface area contributed by atoms with E-state index in [2.05, 4.69) is 0 Å². The third-order valence-corrected chi connectivity index (χ3v) is 5.10. The lowest BCUT2D eigenvalue weighted by molar-refractivity contribution is -0.148. The molecule has 1 aliphatic rings. The van der Waals surface area contributed by atoms with E-state index in [0.29, 0.717) is 16.0 Å². The van der Waals surface area contributed by atoms with E-state index in [4.69, 9.17) is 17.0 Å². The van der Waals surface area contributed by atoms with Crippen molar-refractivity contribution in [2.75, 3.05) is 7.11 Å². The second-order valence-electron chi connectivity index (χ2n) is 5.44. The molecule has 0 aromatic heterocycles. The van der Waals surface area contributed by atoms with E-state index in [1.807, 2.05) is 6.07 Å². The molecule has 0 bridgehead atoms. The summed E-state index contributed by atoms with van der Waals surface area (Å²) in [5.41, 5.74) is 1.14. The summed E-state index contributed by atoms with van der Waals surface area (Å²) in [5.74, 6) is -1.39. The molecule has 1 unspecified atom stereocenters. The van der Waals surface area contributed by atoms with Crippen LogP contribution in [0.15, 0.2) is 59.5 Å². The minimum Gasteiger partial charge on any atom is -0.467 e. The number of thiocarbonyl (C=S) groups is 1. The first-order chi connectivity index (χ1) is 12.5. The summed E-state index contributed by atoms with van der Waals surface area (Å²) in [7, 11) is 1.26. The monoisotopic (exact) mass is 387 g/mol. The first-order valence-electron chi connectivity index (χ1n) is 7.66. The van der Waals surface area contributed by atoms with Crippen LogP contribution in [0.5, 0.6) is 0 Å². The summed E-state index contributed by atoms with van der Waals surface area (Å²) in [5, 5.41) is 0. The molecule has 2 aromatic carbocycles. The van der Waals surface area contributed by atoms with Gasteiger partial charge in [0, 0.05) is 0 Å². The SMILES string of the molecule is COC(=O)C(c1ccccc1)N1C(=O)/C(=C/c2cccc(F)c2)SC1=S. The van der Waals surface area contributed by atoms with Crippen molar-refractivity contribution in [2.45, 2.75) is 6.04 Å². The van der Waals surface area contributed by atoms with Crippen molar-refractivity contribution in [3.8, 4) is 0 Å². The molecule has 4 nitrogen and oxygen atoms in total. The van der Waals surface area contributed by atoms with Gasteiger partial charge in [-0.1, -0.05) is 66.4 Å². The number of carbonyl (C=O) groups excluding carboxylic acids is 2. The number of halogens is 1. The van der Waals surface area contributed by atoms with Gasteiger partial charge in [-0.05, 0) is 29.3 Å². The highest BCUT2D eigenvalue weighted by Crippen LogP contribution is 2.38. The molecule has 26 heavy (non-hydrogen) atoms. The first-order valence-corrected chi connectivity index (χ1v) is 8.89. The summed E-state index contributed by atoms with van der Waals surface area (Å²) in [4.78, 5) is 26.8. The summed E-state index contributed by atoms with van der Waals surface area (Å²) in [6.45, 7) is 0. The Bertz CT molecular complexity index is 899. The normalized spacial score (nSPS) is 16.8. The molecule has 0 aliphatic carbocycles. The number of benzene rings is 2. The van der Waals surface area contributed by atoms with Gasteiger partial charge < -0.3 is 4.74 Å². The fourth-order valence-corrected chi connectivity index (χ4v) is 3.90. The Hall–Kier alpha value is -2.51. The van der Waals surface area contributed by atoms with Crippen LogP contribution in [0.2, 0.25) is 0 Å². The van der Waals surface area contributed by atoms with Gasteiger partial charge in [-0.2, -0.15) is 0 Å². The summed E-state index contributed by atoms with van der Waals surface area (Å²) in [6.07, 6.45) is 1.56. The zero-order valence-corrected chi connectivity index (χ0v) is 15.4. The topological polar surface area (TPSA) is 46.6 Å². The van der Waals surface area contributed by atoms with E-state index >= 15 is 0 Å². The third-order valence-electron chi connectivity index (χ3n) is 3.77. The molecule has 0 radical (unpaired) electrons. The lowest BCUT2D eigenvalue weighted by Crippen LogP contribution is -2.37. The number of ether oxygens (including phenoxy) is 1. The molecule has 1 heterocycles. The number of rotatable bonds is 4. The zero-order chi connectivity index (χ0) is 18.7. The van der Waals surface area contributed by atoms with Crippen molar-refractivity contribution < 1.29 is 18.7 Å². The molecule has 132 valence electrons. The molecule has 1 fully saturated rings. The molecule has 2 aromatic rings. The van der Waals surface area contributed by atoms with Crippen LogP contribution in [-0.2, 0) is 14.3 Å². The fourth-order valence-electron chi connectivity index (χ4n) is 2.59. The summed E-state index contributed by atoms with van der Waals surface area (Å²) in [6, 6.07) is 13.7. The largest absolute Gasteiger partial charge is 0.467 e. The van der Waals surface area contributed by atoms with Crippen LogP contribution in [0.25, 0.3) is 6.08 Å². The van der Waals surface area contributed by atoms with E-state index < -0.39 is 23.7 Å². The van der Waals surface area contributed by atoms with Crippen molar-refractivity contribution in [3.05, 3.63) is 76.4 Å². The van der Waals surface area contributed by atoms with Gasteiger partial charge in [-0.25, -0.2) is 9.18 Å². The van der Waals surface area contributed by atoms with Gasteiger partial charge in [0.2, 0.25) is 0 Å². The van der Waals surface area contributed by atoms with E-state index in [1.54, 1.807) is 42.5 Å². The number of nitrogens with zero attached hydrogens (tertiary/aromatic N) is 1. The van der Waals surface area contributed by atoms with E-state index in [-0.39, 0.29) is 4.32 Å². The van der Waals surface area contributed by atoms with Gasteiger partial charge in [-0.3, -0.25) is 9.69 Å². The first kappa shape index (κ1) is 18.3. The smallest absolute Gasteiger partial charge is 0.333 e. The molecule has 1 atom stereocenters. The average molecular weight is 387 g/mol. The maximum absolute atomic E-state index is 13.4. The third kappa shape index (κ3) is 3.68. The van der Waals surface area contributed by atoms with Gasteiger partial charge in [-0.15, -0.1) is 0 Å². The number of hydrogen-bond donors (Lipinski definition) is 0. The van der Waals surface area contributed by atoms with Crippen LogP contribution >= 0.6 is 24.0 Å². The van der Waals surface area contributed by atoms with E-state index in [0.717, 1.165) is 11.8 Å². The van der Waals surface area contributed by atoms with Crippen molar-refractivity contribution in [2.24, 2.45) is 0 Å². The number of amides is 1. The molecule has 1 amide bonds. The van der Waals surface area contributed by atoms with Crippen molar-refractivity contribution in [1.29, 1.82) is 0 Å². The van der Waals surface area contributed by atoms with Gasteiger partial charge in [0.1, 0.15) is 10.1 Å². The molecule has 0 saturated carbocycles. The van der Waals surface area contributed by atoms with Crippen LogP contribution in [-0.4, -0.2) is 28.2 Å². The Morgan fingerprint density at radius 3 is 2.62 bits per heavy atom. The Kier molecular flexibility index (Phi) is 5.49. The Labute approximate surface area is 159 Å². The highest BCUT2D eigenvalue weighted by Gasteiger charge is 2.41. The Morgan fingerprint density at radius 1 is 1.23 bits per heavy atom. The molecular formula is C19H14FNO3S2. The highest BCUT2D eigenvalue weighted by molar-refractivity contribution is 8.26. The van der Waals surface area contributed by atoms with Crippen LogP contribution in [0.4, 0.5) is 4.39 Å². The van der Waals surface area contributed by atoms with Gasteiger partial charge in [0.15, 0.2) is 6.04 Å². The minimum absolute atomic E-state index is 0.247. The van der Waals surface area contributed by atoms with Crippen LogP contribution in [0, 0.1) is 5.82 Å². The maximum Gasteiger partial charge on any atom is 0.333 e. The molecule has 1 saturated heterocycles. The lowest BCUT2D eigenvalue weighted by Gasteiger charge is -2.24. The summed E-state index contributed by atoms with van der Waals surface area (Å²) < 4.78 is 18.5. The molecule has 0 spiro atoms. The van der Waals surface area contributed by atoms with Gasteiger partial charge in [0.25, 0.3) is 5.91 Å². The standard InChI is InChI=1S/C19H14FNO3S2/c1-24-18(23)16(13-7-3-2-4-8-13)21-17(22)15(26-19(21)25)11-12-6-5-9-14(20)10-12/h2-11,16H,1H3/b15-11-. The van der Waals surface area contributed by atoms with Crippen molar-refractivity contribution in [3.63, 3.8) is 0 Å². The highest BCUT2D eigenvalue weighted by atomic mass is 32.2. The predicted octanol–water partition coefficient (Wildman–Crippen LogP) is 3.94. The van der Waals surface area contributed by atoms with Crippen molar-refractivity contribution >= 4 is 46.3 Å². The molecule has 3 rings (SSSR count). The quantitative estimate of drug-likeness (QED) is 0.452. The molecule has 7 heteroatoms. The number of thioether (sulfide) groups is 1. The van der Waals surface area contributed by atoms with Gasteiger partial charge >= 0.3 is 5.97 Å². The Balaban J connectivity index is 1.98. The second-order valence-corrected chi connectivity index (χ2v) is 7.12. The lowest BCUT2D eigenvalue weighted by atomic mass is 10.1. The fraction of sp³-hybridized carbons (Fsp3) is 0.105. The van der Waals surface area contributed by atoms with Crippen molar-refractivity contribution in [1.82, 2.24) is 4.90 Å². The number of carbonyl (C=O) groups is 2. The van der Waals surface area contributed by atoms with E-state index in [9.17, 15) is 14.0 Å². The van der Waals surface area contributed by atoms with E-state index in [1.165, 1.54) is 24.1 Å². The maximum atomic E-state index is 13.4. The van der Waals surface area contributed by atoms with Crippen LogP contribution in [0.1, 0.15) is 17.2 Å². The molecule has 1 aliphatic heterocycles. The average Bonchev–Trinajstić information content (AvgIpc) is 2.90. The predicted molar refractivity (Wildman–Crippen MR) is 103 cm³/mol. The second kappa shape index (κ2) is 7.80. The van der Waals surface area contributed by atoms with Crippen LogP contribution < -0.4 is 0 Å². The summed E-state index contributed by atoms with van der Waals surface area (Å²) >= 11 is 6.40. The van der Waals surface area contributed by atoms with Gasteiger partial charge in [0.05, 0.1) is 12.0 Å². The number of hydrogen-bond acceptors (Lipinski definition) is 5.